The van der Waals surface area contributed by atoms with Gasteiger partial charge in [0.25, 0.3) is 0 Å². The smallest absolute Gasteiger partial charge is 0.328 e. The topological polar surface area (TPSA) is 66.8 Å². The van der Waals surface area contributed by atoms with Crippen LogP contribution in [0, 0.1) is 0 Å². The molecule has 0 bridgehead atoms. The summed E-state index contributed by atoms with van der Waals surface area (Å²) in [4.78, 5) is 10.4. The molecule has 1 atom stereocenters. The molecular weight excluding hydrogens is 184 g/mol. The van der Waals surface area contributed by atoms with Crippen LogP contribution in [-0.2, 0) is 9.53 Å². The molecule has 0 aromatic rings. The Morgan fingerprint density at radius 1 is 1.79 bits per heavy atom. The molecule has 0 radical (unpaired) electrons. The Kier molecular flexibility index (Phi) is 3.30. The first-order valence-corrected chi connectivity index (χ1v) is 4.53. The fourth-order valence-corrected chi connectivity index (χ4v) is 1.39. The Bertz CT molecular complexity index is 280. The lowest BCUT2D eigenvalue weighted by atomic mass is 9.97. The maximum Gasteiger partial charge on any atom is 0.328 e. The Morgan fingerprint density at radius 3 is 2.93 bits per heavy atom. The van der Waals surface area contributed by atoms with E-state index in [0.717, 1.165) is 6.08 Å². The molecular formula is C10H14O4. The highest BCUT2D eigenvalue weighted by Crippen LogP contribution is 2.32. The second-order valence-electron chi connectivity index (χ2n) is 3.22. The molecule has 0 aromatic heterocycles. The Labute approximate surface area is 82.5 Å². The molecule has 4 heteroatoms. The van der Waals surface area contributed by atoms with Crippen LogP contribution in [0.2, 0.25) is 0 Å². The Morgan fingerprint density at radius 2 is 2.50 bits per heavy atom. The summed E-state index contributed by atoms with van der Waals surface area (Å²) in [5.74, 6) is -0.472. The highest BCUT2D eigenvalue weighted by molar-refractivity contribution is 5.80. The van der Waals surface area contributed by atoms with Gasteiger partial charge in [0, 0.05) is 12.5 Å². The molecule has 1 aliphatic rings. The number of hydrogen-bond acceptors (Lipinski definition) is 3. The molecule has 14 heavy (non-hydrogen) atoms. The largest absolute Gasteiger partial charge is 0.485 e. The zero-order chi connectivity index (χ0) is 10.6. The van der Waals surface area contributed by atoms with Gasteiger partial charge in [-0.25, -0.2) is 4.79 Å². The van der Waals surface area contributed by atoms with Crippen molar-refractivity contribution in [2.24, 2.45) is 0 Å². The first-order chi connectivity index (χ1) is 6.62. The summed E-state index contributed by atoms with van der Waals surface area (Å²) in [5.41, 5.74) is -0.573. The predicted molar refractivity (Wildman–Crippen MR) is 50.7 cm³/mol. The zero-order valence-corrected chi connectivity index (χ0v) is 8.06. The predicted octanol–water partition coefficient (Wildman–Crippen LogP) is 1.07. The Balaban J connectivity index is 2.68. The number of aliphatic carboxylic acids is 1. The van der Waals surface area contributed by atoms with E-state index in [4.69, 9.17) is 14.9 Å². The molecule has 0 saturated carbocycles. The lowest BCUT2D eigenvalue weighted by molar-refractivity contribution is -0.131. The second-order valence-corrected chi connectivity index (χ2v) is 3.22. The number of carboxylic acid groups (broad SMARTS) is 1. The third kappa shape index (κ3) is 2.35. The first kappa shape index (κ1) is 10.8. The van der Waals surface area contributed by atoms with Crippen LogP contribution < -0.4 is 0 Å². The van der Waals surface area contributed by atoms with Crippen LogP contribution in [0.4, 0.5) is 0 Å². The molecule has 0 saturated heterocycles. The van der Waals surface area contributed by atoms with Gasteiger partial charge in [-0.15, -0.1) is 0 Å². The maximum atomic E-state index is 10.4. The van der Waals surface area contributed by atoms with E-state index in [1.54, 1.807) is 6.08 Å². The molecule has 0 fully saturated rings. The van der Waals surface area contributed by atoms with E-state index in [-0.39, 0.29) is 6.61 Å². The second kappa shape index (κ2) is 4.28. The average Bonchev–Trinajstić information content (AvgIpc) is 2.59. The highest BCUT2D eigenvalue weighted by atomic mass is 16.5. The number of aliphatic hydroxyl groups is 1. The first-order valence-electron chi connectivity index (χ1n) is 4.53. The fourth-order valence-electron chi connectivity index (χ4n) is 1.39. The summed E-state index contributed by atoms with van der Waals surface area (Å²) < 4.78 is 5.46. The van der Waals surface area contributed by atoms with Gasteiger partial charge in [-0.2, -0.15) is 0 Å². The number of carboxylic acids is 1. The van der Waals surface area contributed by atoms with Crippen LogP contribution in [0.15, 0.2) is 24.0 Å². The number of aliphatic hydroxyl groups excluding tert-OH is 1. The summed E-state index contributed by atoms with van der Waals surface area (Å²) in [7, 11) is 0. The van der Waals surface area contributed by atoms with Gasteiger partial charge in [-0.3, -0.25) is 0 Å². The fraction of sp³-hybridized carbons (Fsp3) is 0.500. The van der Waals surface area contributed by atoms with E-state index >= 15 is 0 Å². The van der Waals surface area contributed by atoms with Crippen LogP contribution in [0.1, 0.15) is 19.8 Å². The quantitative estimate of drug-likeness (QED) is 0.663. The van der Waals surface area contributed by atoms with Gasteiger partial charge in [0.1, 0.15) is 18.0 Å². The average molecular weight is 198 g/mol. The van der Waals surface area contributed by atoms with Crippen molar-refractivity contribution in [2.75, 3.05) is 6.61 Å². The molecule has 1 rings (SSSR count). The Hall–Kier alpha value is -1.29. The van der Waals surface area contributed by atoms with Crippen molar-refractivity contribution in [3.05, 3.63) is 24.0 Å². The highest BCUT2D eigenvalue weighted by Gasteiger charge is 2.31. The van der Waals surface area contributed by atoms with Gasteiger partial charge in [0.2, 0.25) is 0 Å². The molecule has 0 amide bonds. The van der Waals surface area contributed by atoms with E-state index in [1.807, 2.05) is 6.92 Å². The van der Waals surface area contributed by atoms with E-state index in [2.05, 4.69) is 0 Å². The minimum absolute atomic E-state index is 0.136. The molecule has 0 aromatic carbocycles. The summed E-state index contributed by atoms with van der Waals surface area (Å²) in [6.07, 6.45) is 5.70. The molecule has 0 aliphatic carbocycles. The molecule has 78 valence electrons. The van der Waals surface area contributed by atoms with E-state index in [9.17, 15) is 4.79 Å². The normalized spacial score (nSPS) is 26.3. The summed E-state index contributed by atoms with van der Waals surface area (Å²) in [5, 5.41) is 17.3. The summed E-state index contributed by atoms with van der Waals surface area (Å²) in [6, 6.07) is 0. The van der Waals surface area contributed by atoms with Crippen molar-refractivity contribution in [1.82, 2.24) is 0 Å². The lowest BCUT2D eigenvalue weighted by Crippen LogP contribution is -2.25. The monoisotopic (exact) mass is 198 g/mol. The third-order valence-electron chi connectivity index (χ3n) is 2.29. The zero-order valence-electron chi connectivity index (χ0n) is 8.06. The van der Waals surface area contributed by atoms with Crippen molar-refractivity contribution in [3.63, 3.8) is 0 Å². The SMILES string of the molecule is CCC1(C=CC(=O)O)CC=C(CO)O1. The van der Waals surface area contributed by atoms with E-state index in [1.165, 1.54) is 6.08 Å². The van der Waals surface area contributed by atoms with Crippen LogP contribution in [0.25, 0.3) is 0 Å². The molecule has 0 spiro atoms. The van der Waals surface area contributed by atoms with E-state index in [0.29, 0.717) is 18.6 Å². The van der Waals surface area contributed by atoms with Gasteiger partial charge >= 0.3 is 5.97 Å². The molecule has 1 heterocycles. The molecule has 4 nitrogen and oxygen atoms in total. The van der Waals surface area contributed by atoms with Gasteiger partial charge in [0.05, 0.1) is 0 Å². The van der Waals surface area contributed by atoms with E-state index < -0.39 is 11.6 Å². The van der Waals surface area contributed by atoms with Crippen LogP contribution >= 0.6 is 0 Å². The number of hydrogen-bond donors (Lipinski definition) is 2. The van der Waals surface area contributed by atoms with Crippen LogP contribution in [-0.4, -0.2) is 28.4 Å². The van der Waals surface area contributed by atoms with Crippen molar-refractivity contribution in [1.29, 1.82) is 0 Å². The lowest BCUT2D eigenvalue weighted by Gasteiger charge is -2.24. The van der Waals surface area contributed by atoms with Crippen molar-refractivity contribution in [3.8, 4) is 0 Å². The standard InChI is InChI=1S/C10H14O4/c1-2-10(6-4-9(12)13)5-3-8(7-11)14-10/h3-4,6,11H,2,5,7H2,1H3,(H,12,13). The van der Waals surface area contributed by atoms with Gasteiger partial charge in [0.15, 0.2) is 0 Å². The van der Waals surface area contributed by atoms with Crippen LogP contribution in [0.5, 0.6) is 0 Å². The molecule has 1 aliphatic heterocycles. The van der Waals surface area contributed by atoms with Gasteiger partial charge in [-0.1, -0.05) is 6.92 Å². The van der Waals surface area contributed by atoms with Gasteiger partial charge in [-0.05, 0) is 18.6 Å². The van der Waals surface area contributed by atoms with Gasteiger partial charge < -0.3 is 14.9 Å². The van der Waals surface area contributed by atoms with Crippen molar-refractivity contribution in [2.45, 2.75) is 25.4 Å². The summed E-state index contributed by atoms with van der Waals surface area (Å²) in [6.45, 7) is 1.78. The minimum Gasteiger partial charge on any atom is -0.485 e. The summed E-state index contributed by atoms with van der Waals surface area (Å²) >= 11 is 0. The van der Waals surface area contributed by atoms with Crippen LogP contribution in [0.3, 0.4) is 0 Å². The minimum atomic E-state index is -0.987. The van der Waals surface area contributed by atoms with Crippen molar-refractivity contribution < 1.29 is 19.7 Å². The third-order valence-corrected chi connectivity index (χ3v) is 2.29. The molecule has 2 N–H and O–H groups in total. The van der Waals surface area contributed by atoms with Crippen molar-refractivity contribution >= 4 is 5.97 Å². The number of carbonyl (C=O) groups is 1. The maximum absolute atomic E-state index is 10.4. The number of ether oxygens (including phenoxy) is 1. The number of rotatable bonds is 4. The molecule has 1 unspecified atom stereocenters.